The minimum Gasteiger partial charge on any atom is -0.333 e. The quantitative estimate of drug-likeness (QED) is 0.828. The summed E-state index contributed by atoms with van der Waals surface area (Å²) >= 11 is 5.93. The molecule has 28 heavy (non-hydrogen) atoms. The van der Waals surface area contributed by atoms with Gasteiger partial charge >= 0.3 is 0 Å². The molecule has 2 aliphatic rings. The number of hydrogen-bond donors (Lipinski definition) is 1. The van der Waals surface area contributed by atoms with Crippen molar-refractivity contribution in [2.75, 3.05) is 31.1 Å². The van der Waals surface area contributed by atoms with Gasteiger partial charge in [0.25, 0.3) is 0 Å². The van der Waals surface area contributed by atoms with E-state index in [1.165, 1.54) is 0 Å². The van der Waals surface area contributed by atoms with Gasteiger partial charge in [0, 0.05) is 55.7 Å². The van der Waals surface area contributed by atoms with Gasteiger partial charge in [-0.3, -0.25) is 14.6 Å². The Kier molecular flexibility index (Phi) is 6.54. The number of piperazine rings is 1. The van der Waals surface area contributed by atoms with E-state index in [1.807, 2.05) is 29.2 Å². The van der Waals surface area contributed by atoms with Gasteiger partial charge in [-0.1, -0.05) is 17.7 Å². The predicted molar refractivity (Wildman–Crippen MR) is 111 cm³/mol. The summed E-state index contributed by atoms with van der Waals surface area (Å²) in [5.41, 5.74) is 1.79. The van der Waals surface area contributed by atoms with Crippen molar-refractivity contribution < 1.29 is 9.59 Å². The molecule has 6 nitrogen and oxygen atoms in total. The van der Waals surface area contributed by atoms with E-state index in [4.69, 9.17) is 11.6 Å². The number of hydrogen-bond acceptors (Lipinski definition) is 4. The Bertz CT molecular complexity index is 832. The molecule has 0 aliphatic carbocycles. The molecular weight excluding hydrogens is 399 g/mol. The van der Waals surface area contributed by atoms with Gasteiger partial charge in [0.15, 0.2) is 0 Å². The van der Waals surface area contributed by atoms with Crippen LogP contribution in [-0.4, -0.2) is 47.9 Å². The maximum atomic E-state index is 13.2. The molecule has 2 aromatic rings. The normalized spacial score (nSPS) is 22.1. The van der Waals surface area contributed by atoms with Gasteiger partial charge in [-0.05, 0) is 35.9 Å². The van der Waals surface area contributed by atoms with Crippen molar-refractivity contribution in [2.24, 2.45) is 5.92 Å². The second-order valence-corrected chi connectivity index (χ2v) is 7.36. The number of benzene rings is 1. The highest BCUT2D eigenvalue weighted by molar-refractivity contribution is 6.30. The number of carbonyl (C=O) groups is 2. The fourth-order valence-electron chi connectivity index (χ4n) is 3.82. The van der Waals surface area contributed by atoms with Crippen LogP contribution in [0.25, 0.3) is 0 Å². The summed E-state index contributed by atoms with van der Waals surface area (Å²) in [6, 6.07) is 11.0. The lowest BCUT2D eigenvalue weighted by Crippen LogP contribution is -2.50. The summed E-state index contributed by atoms with van der Waals surface area (Å²) in [6.45, 7) is 2.48. The van der Waals surface area contributed by atoms with E-state index < -0.39 is 0 Å². The van der Waals surface area contributed by atoms with Gasteiger partial charge in [0.2, 0.25) is 11.8 Å². The number of halogens is 2. The number of nitrogens with zero attached hydrogens (tertiary/aromatic N) is 3. The van der Waals surface area contributed by atoms with Gasteiger partial charge in [0.1, 0.15) is 0 Å². The van der Waals surface area contributed by atoms with E-state index >= 15 is 0 Å². The topological polar surface area (TPSA) is 65.5 Å². The highest BCUT2D eigenvalue weighted by Crippen LogP contribution is 2.30. The van der Waals surface area contributed by atoms with Crippen LogP contribution in [0.1, 0.15) is 18.0 Å². The maximum Gasteiger partial charge on any atom is 0.228 e. The molecule has 1 aromatic heterocycles. The number of carbonyl (C=O) groups excluding carboxylic acids is 2. The van der Waals surface area contributed by atoms with Crippen LogP contribution in [0.4, 0.5) is 5.69 Å². The fraction of sp³-hybridized carbons (Fsp3) is 0.350. The smallest absolute Gasteiger partial charge is 0.228 e. The predicted octanol–water partition coefficient (Wildman–Crippen LogP) is 2.68. The third-order valence-corrected chi connectivity index (χ3v) is 5.46. The van der Waals surface area contributed by atoms with Crippen molar-refractivity contribution in [2.45, 2.75) is 12.5 Å². The first-order valence-electron chi connectivity index (χ1n) is 9.10. The van der Waals surface area contributed by atoms with E-state index in [0.29, 0.717) is 24.7 Å². The molecule has 0 radical (unpaired) electrons. The van der Waals surface area contributed by atoms with Crippen LogP contribution in [0.15, 0.2) is 48.8 Å². The molecule has 2 amide bonds. The summed E-state index contributed by atoms with van der Waals surface area (Å²) in [7, 11) is 0. The molecule has 148 valence electrons. The first-order chi connectivity index (χ1) is 13.1. The Hall–Kier alpha value is -2.15. The van der Waals surface area contributed by atoms with Crippen molar-refractivity contribution in [3.05, 3.63) is 59.4 Å². The summed E-state index contributed by atoms with van der Waals surface area (Å²) in [5, 5.41) is 3.97. The molecule has 2 aliphatic heterocycles. The minimum atomic E-state index is -0.328. The van der Waals surface area contributed by atoms with E-state index in [1.54, 1.807) is 29.4 Å². The molecule has 1 N–H and O–H groups in total. The molecule has 3 heterocycles. The summed E-state index contributed by atoms with van der Waals surface area (Å²) in [6.07, 6.45) is 3.77. The number of pyridine rings is 1. The number of amides is 2. The molecule has 0 bridgehead atoms. The monoisotopic (exact) mass is 420 g/mol. The van der Waals surface area contributed by atoms with Crippen molar-refractivity contribution in [3.63, 3.8) is 0 Å². The summed E-state index contributed by atoms with van der Waals surface area (Å²) in [4.78, 5) is 33.5. The van der Waals surface area contributed by atoms with Crippen molar-refractivity contribution in [1.82, 2.24) is 15.2 Å². The molecule has 8 heteroatoms. The van der Waals surface area contributed by atoms with Crippen LogP contribution in [0, 0.1) is 5.92 Å². The zero-order chi connectivity index (χ0) is 18.8. The molecule has 2 saturated heterocycles. The minimum absolute atomic E-state index is 0. The molecule has 2 atom stereocenters. The van der Waals surface area contributed by atoms with Gasteiger partial charge in [-0.2, -0.15) is 0 Å². The highest BCUT2D eigenvalue weighted by atomic mass is 35.5. The lowest BCUT2D eigenvalue weighted by molar-refractivity contribution is -0.139. The zero-order valence-electron chi connectivity index (χ0n) is 15.3. The average Bonchev–Trinajstić information content (AvgIpc) is 3.10. The molecule has 0 spiro atoms. The molecule has 0 saturated carbocycles. The van der Waals surface area contributed by atoms with Gasteiger partial charge in [-0.15, -0.1) is 12.4 Å². The molecular formula is C20H22Cl2N4O2. The SMILES string of the molecule is Cl.O=C1CC(C(=O)N2CCNCC2c2cccnc2)CN1c1ccc(Cl)cc1. The first kappa shape index (κ1) is 20.6. The van der Waals surface area contributed by atoms with Gasteiger partial charge in [0.05, 0.1) is 12.0 Å². The van der Waals surface area contributed by atoms with Crippen molar-refractivity contribution in [3.8, 4) is 0 Å². The molecule has 2 fully saturated rings. The van der Waals surface area contributed by atoms with Crippen LogP contribution in [-0.2, 0) is 9.59 Å². The van der Waals surface area contributed by atoms with E-state index in [2.05, 4.69) is 10.3 Å². The Labute approximate surface area is 175 Å². The number of anilines is 1. The standard InChI is InChI=1S/C20H21ClN4O2.ClH/c21-16-3-5-17(6-4-16)25-13-15(10-19(25)26)20(27)24-9-8-23-12-18(24)14-2-1-7-22-11-14;/h1-7,11,15,18,23H,8-10,12-13H2;1H. The summed E-state index contributed by atoms with van der Waals surface area (Å²) in [5.74, 6) is -0.315. The second-order valence-electron chi connectivity index (χ2n) is 6.92. The van der Waals surface area contributed by atoms with Crippen LogP contribution < -0.4 is 10.2 Å². The Morgan fingerprint density at radius 1 is 1.21 bits per heavy atom. The first-order valence-corrected chi connectivity index (χ1v) is 9.48. The Balaban J connectivity index is 0.00000225. The largest absolute Gasteiger partial charge is 0.333 e. The number of nitrogens with one attached hydrogen (secondary N) is 1. The zero-order valence-corrected chi connectivity index (χ0v) is 16.8. The van der Waals surface area contributed by atoms with Crippen LogP contribution in [0.3, 0.4) is 0 Å². The third-order valence-electron chi connectivity index (χ3n) is 5.21. The Morgan fingerprint density at radius 3 is 2.71 bits per heavy atom. The van der Waals surface area contributed by atoms with Crippen molar-refractivity contribution >= 4 is 41.5 Å². The molecule has 1 aromatic carbocycles. The number of aromatic nitrogens is 1. The number of rotatable bonds is 3. The lowest BCUT2D eigenvalue weighted by atomic mass is 10.0. The van der Waals surface area contributed by atoms with Crippen LogP contribution in [0.5, 0.6) is 0 Å². The van der Waals surface area contributed by atoms with Crippen LogP contribution in [0.2, 0.25) is 5.02 Å². The molecule has 4 rings (SSSR count). The van der Waals surface area contributed by atoms with Crippen LogP contribution >= 0.6 is 24.0 Å². The van der Waals surface area contributed by atoms with Crippen molar-refractivity contribution in [1.29, 1.82) is 0 Å². The Morgan fingerprint density at radius 2 is 2.00 bits per heavy atom. The fourth-order valence-corrected chi connectivity index (χ4v) is 3.94. The maximum absolute atomic E-state index is 13.2. The summed E-state index contributed by atoms with van der Waals surface area (Å²) < 4.78 is 0. The van der Waals surface area contributed by atoms with E-state index in [9.17, 15) is 9.59 Å². The lowest BCUT2D eigenvalue weighted by Gasteiger charge is -2.37. The van der Waals surface area contributed by atoms with Gasteiger partial charge in [-0.25, -0.2) is 0 Å². The second kappa shape index (κ2) is 8.90. The van der Waals surface area contributed by atoms with Gasteiger partial charge < -0.3 is 15.1 Å². The third kappa shape index (κ3) is 4.14. The van der Waals surface area contributed by atoms with E-state index in [0.717, 1.165) is 17.8 Å². The highest BCUT2D eigenvalue weighted by Gasteiger charge is 2.39. The molecule has 2 unspecified atom stereocenters. The van der Waals surface area contributed by atoms with E-state index in [-0.39, 0.29) is 42.6 Å². The average molecular weight is 421 g/mol.